The first kappa shape index (κ1) is 13.1. The number of nitrogens with zero attached hydrogens (tertiary/aromatic N) is 2. The van der Waals surface area contributed by atoms with Crippen LogP contribution in [0.2, 0.25) is 0 Å². The van der Waals surface area contributed by atoms with Gasteiger partial charge in [0.05, 0.1) is 6.07 Å². The second-order valence-corrected chi connectivity index (χ2v) is 5.45. The monoisotopic (exact) mass is 242 g/mol. The summed E-state index contributed by atoms with van der Waals surface area (Å²) in [5, 5.41) is 9.45. The molecule has 0 saturated carbocycles. The summed E-state index contributed by atoms with van der Waals surface area (Å²) in [5.74, 6) is 0.285. The summed E-state index contributed by atoms with van der Waals surface area (Å²) < 4.78 is 0. The molecule has 2 unspecified atom stereocenters. The van der Waals surface area contributed by atoms with E-state index >= 15 is 0 Å². The molecule has 0 N–H and O–H groups in total. The normalized spacial score (nSPS) is 19.4. The van der Waals surface area contributed by atoms with E-state index in [2.05, 4.69) is 49.9 Å². The molecule has 0 radical (unpaired) electrons. The second-order valence-electron chi connectivity index (χ2n) is 5.45. The Labute approximate surface area is 110 Å². The van der Waals surface area contributed by atoms with Crippen LogP contribution in [-0.2, 0) is 0 Å². The minimum Gasteiger partial charge on any atom is -0.288 e. The van der Waals surface area contributed by atoms with Crippen molar-refractivity contribution >= 4 is 0 Å². The highest BCUT2D eigenvalue weighted by Gasteiger charge is 2.27. The third-order valence-electron chi connectivity index (χ3n) is 4.20. The van der Waals surface area contributed by atoms with E-state index < -0.39 is 0 Å². The Morgan fingerprint density at radius 1 is 1.17 bits per heavy atom. The van der Waals surface area contributed by atoms with Crippen molar-refractivity contribution < 1.29 is 0 Å². The van der Waals surface area contributed by atoms with E-state index in [1.807, 2.05) is 0 Å². The van der Waals surface area contributed by atoms with Gasteiger partial charge in [-0.3, -0.25) is 4.90 Å². The van der Waals surface area contributed by atoms with Crippen LogP contribution in [0.15, 0.2) is 18.2 Å². The minimum absolute atomic E-state index is 0.0228. The minimum atomic E-state index is 0.0228. The van der Waals surface area contributed by atoms with Gasteiger partial charge in [-0.1, -0.05) is 25.1 Å². The third kappa shape index (κ3) is 2.57. The molecule has 2 heteroatoms. The summed E-state index contributed by atoms with van der Waals surface area (Å²) in [6.45, 7) is 8.60. The van der Waals surface area contributed by atoms with E-state index in [1.165, 1.54) is 29.5 Å². The number of nitriles is 1. The van der Waals surface area contributed by atoms with Gasteiger partial charge in [0.15, 0.2) is 0 Å². The summed E-state index contributed by atoms with van der Waals surface area (Å²) >= 11 is 0. The zero-order chi connectivity index (χ0) is 13.1. The molecule has 2 rings (SSSR count). The number of rotatable bonds is 3. The number of hydrogen-bond donors (Lipinski definition) is 0. The van der Waals surface area contributed by atoms with Gasteiger partial charge in [-0.05, 0) is 56.5 Å². The lowest BCUT2D eigenvalue weighted by Gasteiger charge is -2.27. The molecular formula is C16H22N2. The van der Waals surface area contributed by atoms with Crippen LogP contribution >= 0.6 is 0 Å². The van der Waals surface area contributed by atoms with Gasteiger partial charge >= 0.3 is 0 Å². The molecular weight excluding hydrogens is 220 g/mol. The van der Waals surface area contributed by atoms with Gasteiger partial charge in [0.25, 0.3) is 0 Å². The van der Waals surface area contributed by atoms with Crippen molar-refractivity contribution in [2.24, 2.45) is 0 Å². The Kier molecular flexibility index (Phi) is 4.04. The van der Waals surface area contributed by atoms with Gasteiger partial charge in [0, 0.05) is 5.92 Å². The van der Waals surface area contributed by atoms with Gasteiger partial charge in [-0.25, -0.2) is 0 Å². The maximum Gasteiger partial charge on any atom is 0.104 e. The van der Waals surface area contributed by atoms with Crippen molar-refractivity contribution in [2.75, 3.05) is 13.1 Å². The molecule has 1 aliphatic heterocycles. The van der Waals surface area contributed by atoms with Crippen molar-refractivity contribution in [1.29, 1.82) is 5.26 Å². The van der Waals surface area contributed by atoms with Crippen LogP contribution in [-0.4, -0.2) is 24.0 Å². The van der Waals surface area contributed by atoms with E-state index in [1.54, 1.807) is 0 Å². The van der Waals surface area contributed by atoms with E-state index in [-0.39, 0.29) is 12.0 Å². The Morgan fingerprint density at radius 2 is 1.83 bits per heavy atom. The molecule has 1 aromatic carbocycles. The van der Waals surface area contributed by atoms with E-state index in [0.717, 1.165) is 13.1 Å². The van der Waals surface area contributed by atoms with E-state index in [4.69, 9.17) is 0 Å². The number of benzene rings is 1. The summed E-state index contributed by atoms with van der Waals surface area (Å²) in [5.41, 5.74) is 3.93. The number of hydrogen-bond acceptors (Lipinski definition) is 2. The predicted molar refractivity (Wildman–Crippen MR) is 74.5 cm³/mol. The zero-order valence-electron chi connectivity index (χ0n) is 11.6. The largest absolute Gasteiger partial charge is 0.288 e. The predicted octanol–water partition coefficient (Wildman–Crippen LogP) is 3.39. The highest BCUT2D eigenvalue weighted by Crippen LogP contribution is 2.27. The molecule has 0 amide bonds. The molecule has 1 aliphatic rings. The lowest BCUT2D eigenvalue weighted by Crippen LogP contribution is -2.35. The average Bonchev–Trinajstić information content (AvgIpc) is 2.87. The highest BCUT2D eigenvalue weighted by molar-refractivity contribution is 5.33. The Balaban J connectivity index is 2.20. The number of likely N-dealkylation sites (tertiary alicyclic amines) is 1. The fourth-order valence-electron chi connectivity index (χ4n) is 2.76. The second kappa shape index (κ2) is 5.54. The van der Waals surface area contributed by atoms with Gasteiger partial charge in [-0.15, -0.1) is 0 Å². The standard InChI is InChI=1S/C16H22N2/c1-12-6-7-15(10-13(12)2)14(3)16(11-17)18-8-4-5-9-18/h6-7,10,14,16H,4-5,8-9H2,1-3H3. The quantitative estimate of drug-likeness (QED) is 0.812. The zero-order valence-corrected chi connectivity index (χ0v) is 11.6. The summed E-state index contributed by atoms with van der Waals surface area (Å²) in [4.78, 5) is 2.33. The molecule has 1 saturated heterocycles. The summed E-state index contributed by atoms with van der Waals surface area (Å²) in [6.07, 6.45) is 2.47. The van der Waals surface area contributed by atoms with E-state index in [0.29, 0.717) is 0 Å². The fraction of sp³-hybridized carbons (Fsp3) is 0.562. The molecule has 1 fully saturated rings. The third-order valence-corrected chi connectivity index (χ3v) is 4.20. The van der Waals surface area contributed by atoms with Crippen LogP contribution < -0.4 is 0 Å². The van der Waals surface area contributed by atoms with Gasteiger partial charge in [-0.2, -0.15) is 5.26 Å². The molecule has 2 atom stereocenters. The van der Waals surface area contributed by atoms with Gasteiger partial charge in [0.2, 0.25) is 0 Å². The molecule has 1 aromatic rings. The van der Waals surface area contributed by atoms with Crippen LogP contribution in [0, 0.1) is 25.2 Å². The van der Waals surface area contributed by atoms with Gasteiger partial charge in [0.1, 0.15) is 6.04 Å². The number of aryl methyl sites for hydroxylation is 2. The Hall–Kier alpha value is -1.33. The fourth-order valence-corrected chi connectivity index (χ4v) is 2.76. The first-order valence-electron chi connectivity index (χ1n) is 6.84. The smallest absolute Gasteiger partial charge is 0.104 e. The first-order chi connectivity index (χ1) is 8.63. The molecule has 96 valence electrons. The highest BCUT2D eigenvalue weighted by atomic mass is 15.2. The van der Waals surface area contributed by atoms with Crippen LogP contribution in [0.1, 0.15) is 42.4 Å². The van der Waals surface area contributed by atoms with Crippen LogP contribution in [0.4, 0.5) is 0 Å². The average molecular weight is 242 g/mol. The van der Waals surface area contributed by atoms with Crippen molar-refractivity contribution in [3.8, 4) is 6.07 Å². The maximum absolute atomic E-state index is 9.45. The lowest BCUT2D eigenvalue weighted by molar-refractivity contribution is 0.263. The first-order valence-corrected chi connectivity index (χ1v) is 6.84. The van der Waals surface area contributed by atoms with Crippen molar-refractivity contribution in [3.63, 3.8) is 0 Å². The SMILES string of the molecule is Cc1ccc(C(C)C(C#N)N2CCCC2)cc1C. The Morgan fingerprint density at radius 3 is 2.39 bits per heavy atom. The topological polar surface area (TPSA) is 27.0 Å². The van der Waals surface area contributed by atoms with E-state index in [9.17, 15) is 5.26 Å². The molecule has 0 aliphatic carbocycles. The van der Waals surface area contributed by atoms with Crippen molar-refractivity contribution in [3.05, 3.63) is 34.9 Å². The van der Waals surface area contributed by atoms with Crippen LogP contribution in [0.5, 0.6) is 0 Å². The maximum atomic E-state index is 9.45. The molecule has 2 nitrogen and oxygen atoms in total. The van der Waals surface area contributed by atoms with Crippen LogP contribution in [0.3, 0.4) is 0 Å². The molecule has 1 heterocycles. The molecule has 0 spiro atoms. The van der Waals surface area contributed by atoms with Crippen molar-refractivity contribution in [2.45, 2.75) is 45.6 Å². The molecule has 0 aromatic heterocycles. The van der Waals surface area contributed by atoms with Gasteiger partial charge < -0.3 is 0 Å². The van der Waals surface area contributed by atoms with Crippen molar-refractivity contribution in [1.82, 2.24) is 4.90 Å². The Bertz CT molecular complexity index is 453. The summed E-state index contributed by atoms with van der Waals surface area (Å²) in [6, 6.07) is 9.10. The summed E-state index contributed by atoms with van der Waals surface area (Å²) in [7, 11) is 0. The van der Waals surface area contributed by atoms with Crippen LogP contribution in [0.25, 0.3) is 0 Å². The molecule has 0 bridgehead atoms. The molecule has 18 heavy (non-hydrogen) atoms. The lowest BCUT2D eigenvalue weighted by atomic mass is 9.91.